The van der Waals surface area contributed by atoms with Crippen molar-refractivity contribution >= 4 is 17.3 Å². The van der Waals surface area contributed by atoms with Gasteiger partial charge in [0, 0.05) is 43.4 Å². The molecule has 4 aliphatic rings. The highest BCUT2D eigenvalue weighted by Gasteiger charge is 2.59. The number of ether oxygens (including phenoxy) is 6. The van der Waals surface area contributed by atoms with Crippen LogP contribution in [0.2, 0.25) is 5.02 Å². The van der Waals surface area contributed by atoms with Gasteiger partial charge in [0.2, 0.25) is 0 Å². The molecule has 0 amide bonds. The van der Waals surface area contributed by atoms with Crippen molar-refractivity contribution < 1.29 is 28.4 Å². The summed E-state index contributed by atoms with van der Waals surface area (Å²) in [5.41, 5.74) is 1.22. The Labute approximate surface area is 200 Å². The van der Waals surface area contributed by atoms with E-state index < -0.39 is 17.9 Å². The number of benzene rings is 1. The van der Waals surface area contributed by atoms with Crippen LogP contribution in [0.3, 0.4) is 0 Å². The van der Waals surface area contributed by atoms with E-state index in [2.05, 4.69) is 21.9 Å². The Morgan fingerprint density at radius 3 is 2.27 bits per heavy atom. The number of hydrogen-bond acceptors (Lipinski definition) is 8. The zero-order valence-corrected chi connectivity index (χ0v) is 20.6. The molecule has 1 aromatic rings. The van der Waals surface area contributed by atoms with Crippen LogP contribution in [0.1, 0.15) is 27.7 Å². The summed E-state index contributed by atoms with van der Waals surface area (Å²) in [6, 6.07) is 8.05. The summed E-state index contributed by atoms with van der Waals surface area (Å²) in [4.78, 5) is 4.81. The van der Waals surface area contributed by atoms with Crippen LogP contribution in [0.5, 0.6) is 0 Å². The molecule has 33 heavy (non-hydrogen) atoms. The van der Waals surface area contributed by atoms with Crippen molar-refractivity contribution in [2.45, 2.75) is 70.0 Å². The van der Waals surface area contributed by atoms with Gasteiger partial charge in [0.25, 0.3) is 0 Å². The molecule has 0 radical (unpaired) electrons. The second-order valence-electron chi connectivity index (χ2n) is 10.1. The summed E-state index contributed by atoms with van der Waals surface area (Å²) in [7, 11) is 0. The standard InChI is InChI=1S/C24H35ClN2O6/c1-23(2)29-15-18(31-23)19-20-21(33-24(3,4)32-20)22(30-19)28-14-13-26-9-11-27(12-10-26)17-7-5-16(25)6-8-17/h5-8,18-22H,9-15H2,1-4H3/t18?,19-,20+,21+,22+/m1/s1. The number of rotatable bonds is 6. The topological polar surface area (TPSA) is 61.9 Å². The first-order valence-electron chi connectivity index (χ1n) is 11.9. The first-order chi connectivity index (χ1) is 15.7. The predicted molar refractivity (Wildman–Crippen MR) is 123 cm³/mol. The molecule has 0 saturated carbocycles. The lowest BCUT2D eigenvalue weighted by atomic mass is 10.1. The second-order valence-corrected chi connectivity index (χ2v) is 10.5. The van der Waals surface area contributed by atoms with Crippen LogP contribution in [0.4, 0.5) is 5.69 Å². The van der Waals surface area contributed by atoms with Gasteiger partial charge in [0.15, 0.2) is 17.9 Å². The number of piperazine rings is 1. The van der Waals surface area contributed by atoms with Crippen LogP contribution in [0, 0.1) is 0 Å². The van der Waals surface area contributed by atoms with Gasteiger partial charge in [0.1, 0.15) is 24.4 Å². The number of fused-ring (bicyclic) bond motifs is 1. The van der Waals surface area contributed by atoms with E-state index in [1.165, 1.54) is 5.69 Å². The Morgan fingerprint density at radius 1 is 0.909 bits per heavy atom. The zero-order valence-electron chi connectivity index (χ0n) is 19.9. The van der Waals surface area contributed by atoms with Crippen LogP contribution in [-0.4, -0.2) is 93.1 Å². The molecule has 4 aliphatic heterocycles. The average Bonchev–Trinajstić information content (AvgIpc) is 3.39. The molecule has 4 saturated heterocycles. The molecule has 0 spiro atoms. The lowest BCUT2D eigenvalue weighted by Crippen LogP contribution is -2.47. The minimum Gasteiger partial charge on any atom is -0.369 e. The molecule has 1 aromatic carbocycles. The van der Waals surface area contributed by atoms with Crippen molar-refractivity contribution in [2.24, 2.45) is 0 Å². The molecule has 5 rings (SSSR count). The van der Waals surface area contributed by atoms with E-state index in [4.69, 9.17) is 40.0 Å². The molecule has 4 heterocycles. The summed E-state index contributed by atoms with van der Waals surface area (Å²) in [5, 5.41) is 0.768. The first-order valence-corrected chi connectivity index (χ1v) is 12.2. The number of anilines is 1. The molecule has 0 N–H and O–H groups in total. The third-order valence-corrected chi connectivity index (χ3v) is 6.95. The molecule has 8 nitrogen and oxygen atoms in total. The van der Waals surface area contributed by atoms with Gasteiger partial charge in [-0.3, -0.25) is 4.90 Å². The molecule has 0 aliphatic carbocycles. The summed E-state index contributed by atoms with van der Waals surface area (Å²) in [5.74, 6) is -1.29. The molecule has 1 unspecified atom stereocenters. The average molecular weight is 483 g/mol. The molecular weight excluding hydrogens is 448 g/mol. The maximum absolute atomic E-state index is 6.26. The number of halogens is 1. The fourth-order valence-electron chi connectivity index (χ4n) is 5.08. The highest BCUT2D eigenvalue weighted by atomic mass is 35.5. The Bertz CT molecular complexity index is 814. The Morgan fingerprint density at radius 2 is 1.61 bits per heavy atom. The Balaban J connectivity index is 1.11. The van der Waals surface area contributed by atoms with Gasteiger partial charge in [-0.05, 0) is 52.0 Å². The van der Waals surface area contributed by atoms with Crippen LogP contribution in [0.15, 0.2) is 24.3 Å². The Hall–Kier alpha value is -0.970. The Kier molecular flexibility index (Phi) is 6.65. The maximum atomic E-state index is 6.26. The molecule has 5 atom stereocenters. The van der Waals surface area contributed by atoms with Gasteiger partial charge in [-0.2, -0.15) is 0 Å². The van der Waals surface area contributed by atoms with E-state index in [-0.39, 0.29) is 24.4 Å². The summed E-state index contributed by atoms with van der Waals surface area (Å²) in [6.45, 7) is 13.5. The fourth-order valence-corrected chi connectivity index (χ4v) is 5.21. The third-order valence-electron chi connectivity index (χ3n) is 6.70. The van der Waals surface area contributed by atoms with Crippen molar-refractivity contribution in [3.63, 3.8) is 0 Å². The lowest BCUT2D eigenvalue weighted by Gasteiger charge is -2.36. The molecule has 9 heteroatoms. The first kappa shape index (κ1) is 23.8. The van der Waals surface area contributed by atoms with E-state index in [0.717, 1.165) is 37.7 Å². The molecular formula is C24H35ClN2O6. The van der Waals surface area contributed by atoms with E-state index in [1.54, 1.807) is 0 Å². The van der Waals surface area contributed by atoms with Crippen LogP contribution < -0.4 is 4.90 Å². The van der Waals surface area contributed by atoms with Crippen LogP contribution >= 0.6 is 11.6 Å². The van der Waals surface area contributed by atoms with Crippen molar-refractivity contribution in [1.29, 1.82) is 0 Å². The minimum atomic E-state index is -0.675. The normalized spacial score (nSPS) is 35.8. The van der Waals surface area contributed by atoms with Crippen molar-refractivity contribution in [3.8, 4) is 0 Å². The maximum Gasteiger partial charge on any atom is 0.187 e. The molecule has 184 valence electrons. The van der Waals surface area contributed by atoms with E-state index in [0.29, 0.717) is 13.2 Å². The van der Waals surface area contributed by atoms with Crippen molar-refractivity contribution in [1.82, 2.24) is 4.90 Å². The van der Waals surface area contributed by atoms with Gasteiger partial charge < -0.3 is 33.3 Å². The van der Waals surface area contributed by atoms with Gasteiger partial charge in [-0.1, -0.05) is 11.6 Å². The highest BCUT2D eigenvalue weighted by molar-refractivity contribution is 6.30. The smallest absolute Gasteiger partial charge is 0.187 e. The van der Waals surface area contributed by atoms with Gasteiger partial charge >= 0.3 is 0 Å². The summed E-state index contributed by atoms with van der Waals surface area (Å²) in [6.07, 6.45) is -1.50. The quantitative estimate of drug-likeness (QED) is 0.613. The monoisotopic (exact) mass is 482 g/mol. The van der Waals surface area contributed by atoms with Gasteiger partial charge in [-0.25, -0.2) is 0 Å². The number of hydrogen-bond donors (Lipinski definition) is 0. The molecule has 0 aromatic heterocycles. The van der Waals surface area contributed by atoms with Gasteiger partial charge in [-0.15, -0.1) is 0 Å². The SMILES string of the molecule is CC1(C)OCC([C@H]2O[C@H](OCCN3CCN(c4ccc(Cl)cc4)CC3)[C@H]3OC(C)(C)O[C@H]32)O1. The predicted octanol–water partition coefficient (Wildman–Crippen LogP) is 2.88. The van der Waals surface area contributed by atoms with E-state index in [1.807, 2.05) is 39.8 Å². The van der Waals surface area contributed by atoms with Gasteiger partial charge in [0.05, 0.1) is 13.2 Å². The van der Waals surface area contributed by atoms with Crippen molar-refractivity contribution in [2.75, 3.05) is 50.8 Å². The number of nitrogens with zero attached hydrogens (tertiary/aromatic N) is 2. The largest absolute Gasteiger partial charge is 0.369 e. The van der Waals surface area contributed by atoms with Crippen LogP contribution in [0.25, 0.3) is 0 Å². The molecule has 4 fully saturated rings. The van der Waals surface area contributed by atoms with E-state index in [9.17, 15) is 0 Å². The third kappa shape index (κ3) is 5.33. The van der Waals surface area contributed by atoms with Crippen molar-refractivity contribution in [3.05, 3.63) is 29.3 Å². The molecule has 0 bridgehead atoms. The summed E-state index contributed by atoms with van der Waals surface area (Å²) < 4.78 is 36.6. The fraction of sp³-hybridized carbons (Fsp3) is 0.750. The lowest BCUT2D eigenvalue weighted by molar-refractivity contribution is -0.247. The van der Waals surface area contributed by atoms with E-state index >= 15 is 0 Å². The minimum absolute atomic E-state index is 0.209. The second kappa shape index (κ2) is 9.24. The summed E-state index contributed by atoms with van der Waals surface area (Å²) >= 11 is 6.01. The highest BCUT2D eigenvalue weighted by Crippen LogP contribution is 2.42. The zero-order chi connectivity index (χ0) is 23.2. The van der Waals surface area contributed by atoms with Crippen LogP contribution in [-0.2, 0) is 28.4 Å².